The van der Waals surface area contributed by atoms with Gasteiger partial charge in [-0.3, -0.25) is 4.79 Å². The van der Waals surface area contributed by atoms with Gasteiger partial charge in [0.05, 0.1) is 0 Å². The van der Waals surface area contributed by atoms with E-state index in [-0.39, 0.29) is 11.8 Å². The summed E-state index contributed by atoms with van der Waals surface area (Å²) in [6, 6.07) is 7.12. The highest BCUT2D eigenvalue weighted by molar-refractivity contribution is 9.10. The van der Waals surface area contributed by atoms with E-state index < -0.39 is 5.72 Å². The van der Waals surface area contributed by atoms with E-state index in [9.17, 15) is 9.90 Å². The minimum Gasteiger partial charge on any atom is -0.369 e. The Morgan fingerprint density at radius 2 is 2.25 bits per heavy atom. The standard InChI is InChI=1S/C15H19BrN2O2/c1-10(2)8-15(20)9-11(3)17-18(15)14(19)12-5-4-6-13(16)7-12/h4-7,10,20H,8-9H2,1-3H3/t15-/m1/s1. The SMILES string of the molecule is CC1=NN(C(=O)c2cccc(Br)c2)[C@@](O)(CC(C)C)C1. The molecule has 1 atom stereocenters. The van der Waals surface area contributed by atoms with Crippen LogP contribution in [0, 0.1) is 5.92 Å². The third-order valence-corrected chi connectivity index (χ3v) is 3.70. The van der Waals surface area contributed by atoms with Crippen molar-refractivity contribution in [3.8, 4) is 0 Å². The van der Waals surface area contributed by atoms with Gasteiger partial charge in [0.2, 0.25) is 0 Å². The predicted octanol–water partition coefficient (Wildman–Crippen LogP) is 3.41. The Balaban J connectivity index is 2.31. The lowest BCUT2D eigenvalue weighted by Crippen LogP contribution is -2.46. The van der Waals surface area contributed by atoms with Crippen LogP contribution < -0.4 is 0 Å². The Bertz CT molecular complexity index is 557. The van der Waals surface area contributed by atoms with E-state index in [2.05, 4.69) is 21.0 Å². The lowest BCUT2D eigenvalue weighted by atomic mass is 9.95. The normalized spacial score (nSPS) is 22.3. The second-order valence-corrected chi connectivity index (χ2v) is 6.64. The summed E-state index contributed by atoms with van der Waals surface area (Å²) < 4.78 is 0.829. The third-order valence-electron chi connectivity index (χ3n) is 3.20. The van der Waals surface area contributed by atoms with Crippen LogP contribution in [-0.2, 0) is 0 Å². The van der Waals surface area contributed by atoms with Crippen LogP contribution in [0.3, 0.4) is 0 Å². The van der Waals surface area contributed by atoms with Gasteiger partial charge in [0.25, 0.3) is 5.91 Å². The topological polar surface area (TPSA) is 52.9 Å². The first-order chi connectivity index (χ1) is 9.32. The Morgan fingerprint density at radius 1 is 1.55 bits per heavy atom. The molecule has 1 heterocycles. The van der Waals surface area contributed by atoms with E-state index in [4.69, 9.17) is 0 Å². The van der Waals surface area contributed by atoms with Crippen molar-refractivity contribution in [3.63, 3.8) is 0 Å². The molecule has 0 saturated carbocycles. The lowest BCUT2D eigenvalue weighted by Gasteiger charge is -2.32. The monoisotopic (exact) mass is 338 g/mol. The highest BCUT2D eigenvalue weighted by atomic mass is 79.9. The van der Waals surface area contributed by atoms with Crippen LogP contribution >= 0.6 is 15.9 Å². The molecule has 5 heteroatoms. The smallest absolute Gasteiger partial charge is 0.276 e. The van der Waals surface area contributed by atoms with Gasteiger partial charge >= 0.3 is 0 Å². The van der Waals surface area contributed by atoms with Gasteiger partial charge in [-0.05, 0) is 37.5 Å². The van der Waals surface area contributed by atoms with E-state index in [1.165, 1.54) is 5.01 Å². The number of amides is 1. The molecule has 2 rings (SSSR count). The number of hydrazone groups is 1. The quantitative estimate of drug-likeness (QED) is 0.918. The highest BCUT2D eigenvalue weighted by Gasteiger charge is 2.43. The summed E-state index contributed by atoms with van der Waals surface area (Å²) in [4.78, 5) is 12.6. The van der Waals surface area contributed by atoms with Crippen molar-refractivity contribution >= 4 is 27.5 Å². The molecule has 1 aromatic rings. The lowest BCUT2D eigenvalue weighted by molar-refractivity contribution is -0.0834. The first-order valence-corrected chi connectivity index (χ1v) is 7.48. The van der Waals surface area contributed by atoms with E-state index >= 15 is 0 Å². The van der Waals surface area contributed by atoms with E-state index in [1.807, 2.05) is 26.8 Å². The number of hydrogen-bond acceptors (Lipinski definition) is 3. The van der Waals surface area contributed by atoms with Crippen molar-refractivity contribution in [1.82, 2.24) is 5.01 Å². The second kappa shape index (κ2) is 5.66. The zero-order valence-corrected chi connectivity index (χ0v) is 13.5. The molecule has 1 amide bonds. The molecule has 4 nitrogen and oxygen atoms in total. The Kier molecular flexibility index (Phi) is 4.30. The van der Waals surface area contributed by atoms with Crippen LogP contribution in [0.4, 0.5) is 0 Å². The summed E-state index contributed by atoms with van der Waals surface area (Å²) >= 11 is 3.35. The van der Waals surface area contributed by atoms with E-state index in [1.54, 1.807) is 18.2 Å². The molecule has 0 unspecified atom stereocenters. The second-order valence-electron chi connectivity index (χ2n) is 5.72. The average molecular weight is 339 g/mol. The molecule has 20 heavy (non-hydrogen) atoms. The number of halogens is 1. The maximum atomic E-state index is 12.6. The Morgan fingerprint density at radius 3 is 2.85 bits per heavy atom. The van der Waals surface area contributed by atoms with Gasteiger partial charge in [-0.15, -0.1) is 0 Å². The molecule has 0 aliphatic carbocycles. The fraction of sp³-hybridized carbons (Fsp3) is 0.467. The molecule has 0 saturated heterocycles. The number of benzene rings is 1. The van der Waals surface area contributed by atoms with Crippen molar-refractivity contribution in [3.05, 3.63) is 34.3 Å². The maximum Gasteiger partial charge on any atom is 0.276 e. The maximum absolute atomic E-state index is 12.6. The number of rotatable bonds is 3. The molecule has 0 radical (unpaired) electrons. The van der Waals surface area contributed by atoms with Gasteiger partial charge in [-0.25, -0.2) is 0 Å². The molecule has 0 fully saturated rings. The van der Waals surface area contributed by atoms with Crippen molar-refractivity contribution in [2.45, 2.75) is 39.3 Å². The number of carbonyl (C=O) groups is 1. The van der Waals surface area contributed by atoms with Crippen molar-refractivity contribution < 1.29 is 9.90 Å². The molecular weight excluding hydrogens is 320 g/mol. The van der Waals surface area contributed by atoms with Crippen molar-refractivity contribution in [1.29, 1.82) is 0 Å². The van der Waals surface area contributed by atoms with Crippen LogP contribution in [0.5, 0.6) is 0 Å². The van der Waals surface area contributed by atoms with E-state index in [0.29, 0.717) is 18.4 Å². The van der Waals surface area contributed by atoms with Crippen molar-refractivity contribution in [2.24, 2.45) is 11.0 Å². The molecule has 1 aliphatic heterocycles. The number of hydrogen-bond donors (Lipinski definition) is 1. The third kappa shape index (κ3) is 3.10. The molecule has 108 valence electrons. The first-order valence-electron chi connectivity index (χ1n) is 6.68. The first kappa shape index (κ1) is 15.2. The fourth-order valence-electron chi connectivity index (χ4n) is 2.57. The molecule has 1 aliphatic rings. The number of nitrogens with zero attached hydrogens (tertiary/aromatic N) is 2. The molecule has 0 bridgehead atoms. The molecule has 1 aromatic carbocycles. The number of carbonyl (C=O) groups excluding carboxylic acids is 1. The summed E-state index contributed by atoms with van der Waals surface area (Å²) in [6.07, 6.45) is 0.915. The van der Waals surface area contributed by atoms with Gasteiger partial charge in [0.1, 0.15) is 0 Å². The molecular formula is C15H19BrN2O2. The minimum atomic E-state index is -1.21. The summed E-state index contributed by atoms with van der Waals surface area (Å²) in [6.45, 7) is 5.88. The van der Waals surface area contributed by atoms with Crippen LogP contribution in [0.25, 0.3) is 0 Å². The number of aliphatic hydroxyl groups is 1. The van der Waals surface area contributed by atoms with E-state index in [0.717, 1.165) is 10.2 Å². The zero-order valence-electron chi connectivity index (χ0n) is 11.9. The minimum absolute atomic E-state index is 0.272. The Hall–Kier alpha value is -1.20. The highest BCUT2D eigenvalue weighted by Crippen LogP contribution is 2.32. The predicted molar refractivity (Wildman–Crippen MR) is 82.4 cm³/mol. The molecule has 1 N–H and O–H groups in total. The summed E-state index contributed by atoms with van der Waals surface area (Å²) in [5.74, 6) is 0.00482. The largest absolute Gasteiger partial charge is 0.369 e. The van der Waals surface area contributed by atoms with Gasteiger partial charge in [0, 0.05) is 22.2 Å². The Labute approximate surface area is 127 Å². The van der Waals surface area contributed by atoms with Gasteiger partial charge in [-0.2, -0.15) is 10.1 Å². The van der Waals surface area contributed by atoms with Gasteiger partial charge in [0.15, 0.2) is 5.72 Å². The molecule has 0 spiro atoms. The fourth-order valence-corrected chi connectivity index (χ4v) is 2.97. The van der Waals surface area contributed by atoms with Crippen molar-refractivity contribution in [2.75, 3.05) is 0 Å². The van der Waals surface area contributed by atoms with Crippen LogP contribution in [0.15, 0.2) is 33.8 Å². The van der Waals surface area contributed by atoms with Gasteiger partial charge < -0.3 is 5.11 Å². The van der Waals surface area contributed by atoms with Crippen LogP contribution in [0.2, 0.25) is 0 Å². The van der Waals surface area contributed by atoms with Crippen LogP contribution in [0.1, 0.15) is 44.0 Å². The van der Waals surface area contributed by atoms with Crippen LogP contribution in [-0.4, -0.2) is 27.5 Å². The molecule has 0 aromatic heterocycles. The summed E-state index contributed by atoms with van der Waals surface area (Å²) in [5, 5.41) is 16.2. The average Bonchev–Trinajstić information content (AvgIpc) is 2.62. The van der Waals surface area contributed by atoms with Gasteiger partial charge in [-0.1, -0.05) is 35.8 Å². The summed E-state index contributed by atoms with van der Waals surface area (Å²) in [7, 11) is 0. The summed E-state index contributed by atoms with van der Waals surface area (Å²) in [5.41, 5.74) is 0.0778. The zero-order chi connectivity index (χ0) is 14.9.